The van der Waals surface area contributed by atoms with Crippen molar-refractivity contribution in [2.45, 2.75) is 17.7 Å². The van der Waals surface area contributed by atoms with E-state index in [1.165, 1.54) is 0 Å². The summed E-state index contributed by atoms with van der Waals surface area (Å²) in [4.78, 5) is 0.737. The van der Waals surface area contributed by atoms with Gasteiger partial charge in [0.15, 0.2) is 0 Å². The second-order valence-corrected chi connectivity index (χ2v) is 5.81. The molecule has 86 valence electrons. The Kier molecular flexibility index (Phi) is 3.29. The van der Waals surface area contributed by atoms with E-state index in [0.29, 0.717) is 0 Å². The Morgan fingerprint density at radius 3 is 2.69 bits per heavy atom. The smallest absolute Gasteiger partial charge is 0.106 e. The number of nitrogens with zero attached hydrogens (tertiary/aromatic N) is 1. The molecule has 0 amide bonds. The van der Waals surface area contributed by atoms with Crippen molar-refractivity contribution in [2.75, 3.05) is 13.7 Å². The van der Waals surface area contributed by atoms with Gasteiger partial charge in [-0.1, -0.05) is 18.2 Å². The van der Waals surface area contributed by atoms with Crippen LogP contribution in [-0.2, 0) is 14.5 Å². The van der Waals surface area contributed by atoms with E-state index >= 15 is 0 Å². The van der Waals surface area contributed by atoms with Crippen LogP contribution in [0.4, 0.5) is 0 Å². The summed E-state index contributed by atoms with van der Waals surface area (Å²) in [5.41, 5.74) is 0. The van der Waals surface area contributed by atoms with E-state index in [-0.39, 0.29) is 0 Å². The van der Waals surface area contributed by atoms with Crippen LogP contribution in [0.2, 0.25) is 0 Å². The summed E-state index contributed by atoms with van der Waals surface area (Å²) in [6, 6.07) is 9.31. The van der Waals surface area contributed by atoms with E-state index in [9.17, 15) is 4.21 Å². The first-order valence-corrected chi connectivity index (χ1v) is 6.86. The summed E-state index contributed by atoms with van der Waals surface area (Å²) in [5, 5.41) is 1.68. The molecule has 0 bridgehead atoms. The largest absolute Gasteiger partial charge is 0.497 e. The molecule has 1 aliphatic rings. The van der Waals surface area contributed by atoms with Gasteiger partial charge >= 0.3 is 0 Å². The summed E-state index contributed by atoms with van der Waals surface area (Å²) in [5.74, 6) is 0.805. The molecule has 0 spiro atoms. The number of ether oxygens (including phenoxy) is 1. The molecular weight excluding hydrogens is 222 g/mol. The van der Waals surface area contributed by atoms with Crippen molar-refractivity contribution in [2.24, 2.45) is 4.36 Å². The molecule has 0 aliphatic carbocycles. The summed E-state index contributed by atoms with van der Waals surface area (Å²) >= 11 is 0. The molecule has 1 fully saturated rings. The normalized spacial score (nSPS) is 21.4. The van der Waals surface area contributed by atoms with Gasteiger partial charge in [-0.25, -0.2) is 8.57 Å². The van der Waals surface area contributed by atoms with Crippen LogP contribution in [0.5, 0.6) is 0 Å². The van der Waals surface area contributed by atoms with Crippen LogP contribution in [0.15, 0.2) is 50.8 Å². The van der Waals surface area contributed by atoms with Gasteiger partial charge in [-0.2, -0.15) is 0 Å². The lowest BCUT2D eigenvalue weighted by Gasteiger charge is -2.05. The topological polar surface area (TPSA) is 38.7 Å². The Morgan fingerprint density at radius 1 is 1.38 bits per heavy atom. The fourth-order valence-corrected chi connectivity index (χ4v) is 3.18. The van der Waals surface area contributed by atoms with Gasteiger partial charge in [0.05, 0.1) is 26.6 Å². The molecule has 1 aromatic rings. The molecule has 0 saturated carbocycles. The highest BCUT2D eigenvalue weighted by Crippen LogP contribution is 2.22. The molecule has 0 aromatic heterocycles. The standard InChI is InChI=1S/C12H15NO2S/c1-13-16(14,10-11-6-5-9-15-11)12-7-3-2-4-8-12/h2-4,7-8,10H,5-6,9H2,1H3/b11-10-. The first-order valence-electron chi connectivity index (χ1n) is 5.28. The van der Waals surface area contributed by atoms with Crippen molar-refractivity contribution in [1.29, 1.82) is 0 Å². The fourth-order valence-electron chi connectivity index (χ4n) is 1.63. The van der Waals surface area contributed by atoms with E-state index in [4.69, 9.17) is 4.74 Å². The lowest BCUT2D eigenvalue weighted by molar-refractivity contribution is 0.264. The monoisotopic (exact) mass is 237 g/mol. The maximum atomic E-state index is 12.6. The minimum absolute atomic E-state index is 0.722. The maximum absolute atomic E-state index is 12.6. The minimum atomic E-state index is -2.45. The number of allylic oxidation sites excluding steroid dienone is 1. The highest BCUT2D eigenvalue weighted by molar-refractivity contribution is 7.96. The van der Waals surface area contributed by atoms with Gasteiger partial charge in [0.25, 0.3) is 0 Å². The third kappa shape index (κ3) is 2.27. The quantitative estimate of drug-likeness (QED) is 0.793. The molecule has 4 heteroatoms. The molecule has 1 aromatic carbocycles. The predicted molar refractivity (Wildman–Crippen MR) is 64.5 cm³/mol. The third-order valence-electron chi connectivity index (χ3n) is 2.50. The molecule has 1 heterocycles. The first-order chi connectivity index (χ1) is 7.74. The van der Waals surface area contributed by atoms with Crippen LogP contribution >= 0.6 is 0 Å². The van der Waals surface area contributed by atoms with E-state index in [1.807, 2.05) is 30.3 Å². The first kappa shape index (κ1) is 11.2. The van der Waals surface area contributed by atoms with Crippen LogP contribution < -0.4 is 0 Å². The molecule has 1 saturated heterocycles. The summed E-state index contributed by atoms with van der Waals surface area (Å²) in [6.07, 6.45) is 1.86. The van der Waals surface area contributed by atoms with Crippen molar-refractivity contribution in [1.82, 2.24) is 0 Å². The van der Waals surface area contributed by atoms with Gasteiger partial charge in [-0.15, -0.1) is 0 Å². The Hall–Kier alpha value is -1.29. The van der Waals surface area contributed by atoms with Gasteiger partial charge < -0.3 is 4.74 Å². The van der Waals surface area contributed by atoms with Gasteiger partial charge in [0.2, 0.25) is 0 Å². The van der Waals surface area contributed by atoms with E-state index < -0.39 is 9.73 Å². The van der Waals surface area contributed by atoms with Crippen LogP contribution in [0.1, 0.15) is 12.8 Å². The fraction of sp³-hybridized carbons (Fsp3) is 0.333. The van der Waals surface area contributed by atoms with Gasteiger partial charge in [-0.05, 0) is 18.6 Å². The van der Waals surface area contributed by atoms with Crippen LogP contribution in [0, 0.1) is 0 Å². The molecule has 0 N–H and O–H groups in total. The third-order valence-corrected chi connectivity index (χ3v) is 4.57. The minimum Gasteiger partial charge on any atom is -0.497 e. The lowest BCUT2D eigenvalue weighted by atomic mass is 10.3. The van der Waals surface area contributed by atoms with Gasteiger partial charge in [0, 0.05) is 13.5 Å². The lowest BCUT2D eigenvalue weighted by Crippen LogP contribution is -1.98. The highest BCUT2D eigenvalue weighted by Gasteiger charge is 2.14. The number of hydrogen-bond donors (Lipinski definition) is 0. The van der Waals surface area contributed by atoms with E-state index in [2.05, 4.69) is 4.36 Å². The summed E-state index contributed by atoms with van der Waals surface area (Å²) in [7, 11) is -0.866. The summed E-state index contributed by atoms with van der Waals surface area (Å²) in [6.45, 7) is 0.722. The van der Waals surface area contributed by atoms with Gasteiger partial charge in [-0.3, -0.25) is 0 Å². The molecule has 16 heavy (non-hydrogen) atoms. The molecule has 0 radical (unpaired) electrons. The van der Waals surface area contributed by atoms with Gasteiger partial charge in [0.1, 0.15) is 5.76 Å². The molecular formula is C12H15NO2S. The second kappa shape index (κ2) is 4.70. The van der Waals surface area contributed by atoms with Crippen LogP contribution in [-0.4, -0.2) is 17.9 Å². The predicted octanol–water partition coefficient (Wildman–Crippen LogP) is 2.80. The SMILES string of the molecule is CN=S(=O)(/C=C1/CCCO1)c1ccccc1. The molecule has 3 nitrogen and oxygen atoms in total. The van der Waals surface area contributed by atoms with E-state index in [1.54, 1.807) is 12.5 Å². The van der Waals surface area contributed by atoms with Crippen molar-refractivity contribution < 1.29 is 8.95 Å². The Balaban J connectivity index is 2.42. The van der Waals surface area contributed by atoms with E-state index in [0.717, 1.165) is 30.1 Å². The molecule has 1 unspecified atom stereocenters. The Labute approximate surface area is 96.3 Å². The molecule has 1 atom stereocenters. The average molecular weight is 237 g/mol. The zero-order valence-electron chi connectivity index (χ0n) is 9.26. The van der Waals surface area contributed by atoms with Crippen molar-refractivity contribution >= 4 is 9.73 Å². The zero-order valence-corrected chi connectivity index (χ0v) is 10.1. The van der Waals surface area contributed by atoms with Crippen LogP contribution in [0.25, 0.3) is 0 Å². The molecule has 1 aliphatic heterocycles. The Morgan fingerprint density at radius 2 is 2.12 bits per heavy atom. The average Bonchev–Trinajstić information content (AvgIpc) is 2.83. The van der Waals surface area contributed by atoms with Crippen molar-refractivity contribution in [3.05, 3.63) is 41.5 Å². The summed E-state index contributed by atoms with van der Waals surface area (Å²) < 4.78 is 22.0. The Bertz CT molecular complexity index is 491. The highest BCUT2D eigenvalue weighted by atomic mass is 32.2. The maximum Gasteiger partial charge on any atom is 0.106 e. The molecule has 2 rings (SSSR count). The number of rotatable bonds is 2. The number of benzene rings is 1. The van der Waals surface area contributed by atoms with Crippen molar-refractivity contribution in [3.8, 4) is 0 Å². The van der Waals surface area contributed by atoms with Crippen molar-refractivity contribution in [3.63, 3.8) is 0 Å². The zero-order chi connectivity index (χ0) is 11.4. The second-order valence-electron chi connectivity index (χ2n) is 3.60. The number of hydrogen-bond acceptors (Lipinski definition) is 3. The van der Waals surface area contributed by atoms with Crippen LogP contribution in [0.3, 0.4) is 0 Å².